The number of carbonyl (C=O) groups is 1. The molecule has 0 bridgehead atoms. The Bertz CT molecular complexity index is 508. The fourth-order valence-corrected chi connectivity index (χ4v) is 2.83. The number of amides is 1. The molecule has 2 saturated heterocycles. The molecule has 1 aromatic rings. The van der Waals surface area contributed by atoms with Crippen LogP contribution in [0.15, 0.2) is 6.07 Å². The lowest BCUT2D eigenvalue weighted by Gasteiger charge is -2.16. The van der Waals surface area contributed by atoms with E-state index in [1.807, 2.05) is 6.92 Å². The molecule has 0 saturated carbocycles. The van der Waals surface area contributed by atoms with Crippen LogP contribution in [0.3, 0.4) is 0 Å². The van der Waals surface area contributed by atoms with Crippen LogP contribution in [-0.2, 0) is 4.74 Å². The second-order valence-corrected chi connectivity index (χ2v) is 5.73. The fourth-order valence-electron chi connectivity index (χ4n) is 2.83. The summed E-state index contributed by atoms with van der Waals surface area (Å²) in [6.45, 7) is 5.20. The summed E-state index contributed by atoms with van der Waals surface area (Å²) in [5, 5.41) is 2.91. The average Bonchev–Trinajstić information content (AvgIpc) is 3.17. The van der Waals surface area contributed by atoms with Gasteiger partial charge < -0.3 is 15.0 Å². The third-order valence-electron chi connectivity index (χ3n) is 3.98. The molecule has 6 heteroatoms. The molecule has 0 aromatic carbocycles. The quantitative estimate of drug-likeness (QED) is 0.905. The molecule has 1 amide bonds. The SMILES string of the molecule is Cc1cc(C(=O)NCC2CCCO2)nc(N2CCCC2)n1. The molecule has 0 radical (unpaired) electrons. The molecule has 114 valence electrons. The largest absolute Gasteiger partial charge is 0.376 e. The van der Waals surface area contributed by atoms with Gasteiger partial charge in [0.1, 0.15) is 5.69 Å². The van der Waals surface area contributed by atoms with Crippen molar-refractivity contribution < 1.29 is 9.53 Å². The van der Waals surface area contributed by atoms with E-state index in [0.29, 0.717) is 18.2 Å². The first-order chi connectivity index (χ1) is 10.2. The van der Waals surface area contributed by atoms with Gasteiger partial charge in [0.2, 0.25) is 5.95 Å². The Morgan fingerprint density at radius 2 is 2.19 bits per heavy atom. The maximum atomic E-state index is 12.2. The number of rotatable bonds is 4. The number of nitrogens with zero attached hydrogens (tertiary/aromatic N) is 3. The average molecular weight is 290 g/mol. The van der Waals surface area contributed by atoms with E-state index in [4.69, 9.17) is 4.74 Å². The van der Waals surface area contributed by atoms with E-state index in [1.54, 1.807) is 6.07 Å². The first-order valence-electron chi connectivity index (χ1n) is 7.73. The van der Waals surface area contributed by atoms with Crippen LogP contribution < -0.4 is 10.2 Å². The highest BCUT2D eigenvalue weighted by molar-refractivity contribution is 5.92. The summed E-state index contributed by atoms with van der Waals surface area (Å²) in [5.74, 6) is 0.534. The zero-order valence-electron chi connectivity index (χ0n) is 12.5. The third-order valence-corrected chi connectivity index (χ3v) is 3.98. The second-order valence-electron chi connectivity index (χ2n) is 5.73. The summed E-state index contributed by atoms with van der Waals surface area (Å²) in [6.07, 6.45) is 4.57. The predicted octanol–water partition coefficient (Wildman–Crippen LogP) is 1.29. The molecule has 3 rings (SSSR count). The van der Waals surface area contributed by atoms with Crippen molar-refractivity contribution in [1.29, 1.82) is 0 Å². The Morgan fingerprint density at radius 1 is 1.38 bits per heavy atom. The molecule has 2 fully saturated rings. The fraction of sp³-hybridized carbons (Fsp3) is 0.667. The van der Waals surface area contributed by atoms with Gasteiger partial charge in [-0.2, -0.15) is 0 Å². The minimum Gasteiger partial charge on any atom is -0.376 e. The number of hydrogen-bond acceptors (Lipinski definition) is 5. The van der Waals surface area contributed by atoms with Crippen LogP contribution in [0.5, 0.6) is 0 Å². The zero-order valence-corrected chi connectivity index (χ0v) is 12.5. The highest BCUT2D eigenvalue weighted by atomic mass is 16.5. The van der Waals surface area contributed by atoms with Gasteiger partial charge in [0.05, 0.1) is 6.10 Å². The summed E-state index contributed by atoms with van der Waals surface area (Å²) in [6, 6.07) is 1.74. The van der Waals surface area contributed by atoms with Crippen LogP contribution in [0.1, 0.15) is 41.9 Å². The van der Waals surface area contributed by atoms with Crippen LogP contribution >= 0.6 is 0 Å². The number of anilines is 1. The standard InChI is InChI=1S/C15H22N4O2/c1-11-9-13(14(20)16-10-12-5-4-8-21-12)18-15(17-11)19-6-2-3-7-19/h9,12H,2-8,10H2,1H3,(H,16,20). The first kappa shape index (κ1) is 14.3. The molecule has 0 spiro atoms. The highest BCUT2D eigenvalue weighted by Gasteiger charge is 2.20. The van der Waals surface area contributed by atoms with Crippen LogP contribution in [0, 0.1) is 6.92 Å². The number of ether oxygens (including phenoxy) is 1. The summed E-state index contributed by atoms with van der Waals surface area (Å²) < 4.78 is 5.51. The topological polar surface area (TPSA) is 67.3 Å². The van der Waals surface area contributed by atoms with Crippen LogP contribution in [-0.4, -0.2) is 48.2 Å². The van der Waals surface area contributed by atoms with Crippen LogP contribution in [0.4, 0.5) is 5.95 Å². The smallest absolute Gasteiger partial charge is 0.270 e. The summed E-state index contributed by atoms with van der Waals surface area (Å²) >= 11 is 0. The van der Waals surface area contributed by atoms with Gasteiger partial charge in [-0.15, -0.1) is 0 Å². The lowest BCUT2D eigenvalue weighted by Crippen LogP contribution is -2.33. The number of hydrogen-bond donors (Lipinski definition) is 1. The van der Waals surface area contributed by atoms with E-state index in [1.165, 1.54) is 0 Å². The number of carbonyl (C=O) groups excluding carboxylic acids is 1. The molecular weight excluding hydrogens is 268 g/mol. The Morgan fingerprint density at radius 3 is 2.90 bits per heavy atom. The molecule has 1 N–H and O–H groups in total. The van der Waals surface area contributed by atoms with Crippen molar-refractivity contribution in [3.05, 3.63) is 17.5 Å². The number of aryl methyl sites for hydroxylation is 1. The Kier molecular flexibility index (Phi) is 4.34. The third kappa shape index (κ3) is 3.50. The van der Waals surface area contributed by atoms with Gasteiger partial charge in [0.15, 0.2) is 0 Å². The van der Waals surface area contributed by atoms with E-state index in [-0.39, 0.29) is 12.0 Å². The molecule has 1 atom stereocenters. The molecular formula is C15H22N4O2. The molecule has 1 aromatic heterocycles. The highest BCUT2D eigenvalue weighted by Crippen LogP contribution is 2.17. The van der Waals surface area contributed by atoms with Gasteiger partial charge in [-0.05, 0) is 38.7 Å². The van der Waals surface area contributed by atoms with Crippen LogP contribution in [0.25, 0.3) is 0 Å². The monoisotopic (exact) mass is 290 g/mol. The predicted molar refractivity (Wildman–Crippen MR) is 79.5 cm³/mol. The summed E-state index contributed by atoms with van der Waals surface area (Å²) in [5.41, 5.74) is 1.27. The Balaban J connectivity index is 1.66. The van der Waals surface area contributed by atoms with Crippen molar-refractivity contribution >= 4 is 11.9 Å². The van der Waals surface area contributed by atoms with E-state index >= 15 is 0 Å². The van der Waals surface area contributed by atoms with Crippen molar-refractivity contribution in [2.45, 2.75) is 38.7 Å². The van der Waals surface area contributed by atoms with Crippen molar-refractivity contribution in [2.75, 3.05) is 31.1 Å². The van der Waals surface area contributed by atoms with Crippen LogP contribution in [0.2, 0.25) is 0 Å². The van der Waals surface area contributed by atoms with Gasteiger partial charge in [0.25, 0.3) is 5.91 Å². The molecule has 21 heavy (non-hydrogen) atoms. The molecule has 6 nitrogen and oxygen atoms in total. The van der Waals surface area contributed by atoms with E-state index in [9.17, 15) is 4.79 Å². The van der Waals surface area contributed by atoms with E-state index < -0.39 is 0 Å². The second kappa shape index (κ2) is 6.39. The number of aromatic nitrogens is 2. The first-order valence-corrected chi connectivity index (χ1v) is 7.73. The minimum atomic E-state index is -0.142. The van der Waals surface area contributed by atoms with Crippen molar-refractivity contribution in [2.24, 2.45) is 0 Å². The van der Waals surface area contributed by atoms with Crippen molar-refractivity contribution in [3.8, 4) is 0 Å². The molecule has 0 aliphatic carbocycles. The summed E-state index contributed by atoms with van der Waals surface area (Å²) in [4.78, 5) is 23.3. The van der Waals surface area contributed by atoms with Crippen molar-refractivity contribution in [1.82, 2.24) is 15.3 Å². The van der Waals surface area contributed by atoms with E-state index in [0.717, 1.165) is 51.1 Å². The number of nitrogens with one attached hydrogen (secondary N) is 1. The van der Waals surface area contributed by atoms with Gasteiger partial charge in [0, 0.05) is 31.9 Å². The minimum absolute atomic E-state index is 0.142. The zero-order chi connectivity index (χ0) is 14.7. The summed E-state index contributed by atoms with van der Waals surface area (Å²) in [7, 11) is 0. The Labute approximate surface area is 124 Å². The maximum absolute atomic E-state index is 12.2. The lowest BCUT2D eigenvalue weighted by atomic mass is 10.2. The van der Waals surface area contributed by atoms with E-state index in [2.05, 4.69) is 20.2 Å². The van der Waals surface area contributed by atoms with Gasteiger partial charge >= 0.3 is 0 Å². The van der Waals surface area contributed by atoms with Crippen molar-refractivity contribution in [3.63, 3.8) is 0 Å². The normalized spacial score (nSPS) is 21.8. The maximum Gasteiger partial charge on any atom is 0.270 e. The Hall–Kier alpha value is -1.69. The molecule has 3 heterocycles. The molecule has 2 aliphatic rings. The van der Waals surface area contributed by atoms with Gasteiger partial charge in [-0.1, -0.05) is 0 Å². The molecule has 1 unspecified atom stereocenters. The molecule has 2 aliphatic heterocycles. The van der Waals surface area contributed by atoms with Gasteiger partial charge in [-0.25, -0.2) is 9.97 Å². The lowest BCUT2D eigenvalue weighted by molar-refractivity contribution is 0.0853. The van der Waals surface area contributed by atoms with Gasteiger partial charge in [-0.3, -0.25) is 4.79 Å².